The third-order valence-electron chi connectivity index (χ3n) is 14.5. The third kappa shape index (κ3) is 31.7. The van der Waals surface area contributed by atoms with E-state index in [9.17, 15) is 82.8 Å². The maximum absolute atomic E-state index is 13.8. The Bertz CT molecular complexity index is 3130. The zero-order chi connectivity index (χ0) is 70.9. The molecule has 3 aromatic rings. The number of aliphatic hydroxyl groups is 1. The Morgan fingerprint density at radius 2 is 1.10 bits per heavy atom. The van der Waals surface area contributed by atoms with Crippen molar-refractivity contribution in [2.45, 2.75) is 114 Å². The predicted octanol–water partition coefficient (Wildman–Crippen LogP) is -3.26. The number of aliphatic hydroxyl groups excluding tert-OH is 1. The van der Waals surface area contributed by atoms with Crippen molar-refractivity contribution in [2.24, 2.45) is 5.73 Å². The van der Waals surface area contributed by atoms with E-state index in [2.05, 4.69) is 52.8 Å². The molecular formula is C63H90N12O22. The summed E-state index contributed by atoms with van der Waals surface area (Å²) in [6.45, 7) is 0.302. The number of hydrogen-bond acceptors (Lipinski definition) is 21. The van der Waals surface area contributed by atoms with Crippen LogP contribution in [0.4, 0.5) is 0 Å². The molecule has 0 radical (unpaired) electrons. The number of amides is 12. The van der Waals surface area contributed by atoms with Gasteiger partial charge in [-0.3, -0.25) is 67.2 Å². The number of carbonyl (C=O) groups is 13. The molecule has 1 aliphatic rings. The van der Waals surface area contributed by atoms with Gasteiger partial charge >= 0.3 is 5.97 Å². The summed E-state index contributed by atoms with van der Waals surface area (Å²) in [5, 5.41) is 63.0. The van der Waals surface area contributed by atoms with Crippen molar-refractivity contribution in [3.63, 3.8) is 0 Å². The van der Waals surface area contributed by atoms with Crippen LogP contribution in [0.1, 0.15) is 82.3 Å². The molecule has 4 rings (SSSR count). The number of H-pyrrole nitrogens is 1. The number of carboxylic acid groups (broad SMARTS) is 1. The van der Waals surface area contributed by atoms with Gasteiger partial charge in [0.05, 0.1) is 52.7 Å². The summed E-state index contributed by atoms with van der Waals surface area (Å²) in [6, 6.07) is 4.98. The lowest BCUT2D eigenvalue weighted by atomic mass is 10.0. The van der Waals surface area contributed by atoms with Crippen LogP contribution in [-0.2, 0) is 98.9 Å². The molecule has 1 aromatic heterocycles. The van der Waals surface area contributed by atoms with Crippen molar-refractivity contribution in [2.75, 3.05) is 105 Å². The van der Waals surface area contributed by atoms with Crippen LogP contribution in [0.5, 0.6) is 11.5 Å². The van der Waals surface area contributed by atoms with Gasteiger partial charge < -0.3 is 103 Å². The van der Waals surface area contributed by atoms with Crippen molar-refractivity contribution in [3.05, 3.63) is 71.9 Å². The van der Waals surface area contributed by atoms with Crippen molar-refractivity contribution in [1.82, 2.24) is 57.7 Å². The van der Waals surface area contributed by atoms with E-state index in [1.165, 1.54) is 18.2 Å². The Morgan fingerprint density at radius 3 is 1.75 bits per heavy atom. The van der Waals surface area contributed by atoms with Gasteiger partial charge in [0.2, 0.25) is 59.1 Å². The molecule has 0 saturated heterocycles. The zero-order valence-corrected chi connectivity index (χ0v) is 54.1. The van der Waals surface area contributed by atoms with Crippen molar-refractivity contribution in [3.8, 4) is 11.5 Å². The molecule has 1 unspecified atom stereocenters. The standard InChI is InChI=1S/C63H90N12O22/c1-2-93-38-54(82)72-46(32-40-16-17-49(77)50(78)33-40)60(89)67-22-8-5-13-44(59(64)88)70-55(83)39-97-31-29-94-26-23-66-53(81)37-96-30-28-95-27-24-68-61(90)48(36-76)74-63(92)47(34-58(86)87)73-62(91)45(14-6-7-21-65-51(79)20-25-75-56(84)18-19-57(75)85)71-52(80)15-9-10-41-35-69-43-12-4-3-11-42(41)43/h3-4,11-12,16-19,33,35,44-48,69,76-78H,2,5-10,13-15,20-32,34,36-39H2,1H3,(H2,64,88)(H,65,79)(H,66,81)(H,67,89)(H,68,90)(H,70,83)(H,71,80)(H,72,82)(H,73,91)(H,74,92)(H,86,87)/t44-,45+,46?,47-,48-/m1/s1. The van der Waals surface area contributed by atoms with E-state index in [4.69, 9.17) is 29.4 Å². The largest absolute Gasteiger partial charge is 0.504 e. The van der Waals surface area contributed by atoms with Crippen molar-refractivity contribution in [1.29, 1.82) is 0 Å². The molecule has 0 fully saturated rings. The fourth-order valence-electron chi connectivity index (χ4n) is 9.44. The summed E-state index contributed by atoms with van der Waals surface area (Å²) < 4.78 is 26.6. The van der Waals surface area contributed by atoms with Crippen LogP contribution in [0.15, 0.2) is 60.8 Å². The van der Waals surface area contributed by atoms with Crippen LogP contribution in [0.2, 0.25) is 0 Å². The van der Waals surface area contributed by atoms with Gasteiger partial charge in [-0.15, -0.1) is 0 Å². The normalized spacial score (nSPS) is 13.4. The van der Waals surface area contributed by atoms with E-state index >= 15 is 0 Å². The van der Waals surface area contributed by atoms with E-state index in [1.54, 1.807) is 6.92 Å². The smallest absolute Gasteiger partial charge is 0.305 e. The number of para-hydroxylation sites is 1. The molecule has 0 aliphatic carbocycles. The highest BCUT2D eigenvalue weighted by atomic mass is 16.5. The number of aliphatic carboxylic acids is 1. The summed E-state index contributed by atoms with van der Waals surface area (Å²) in [4.78, 5) is 168. The molecule has 97 heavy (non-hydrogen) atoms. The van der Waals surface area contributed by atoms with Crippen LogP contribution in [0.25, 0.3) is 10.9 Å². The van der Waals surface area contributed by atoms with Crippen LogP contribution >= 0.6 is 0 Å². The number of fused-ring (bicyclic) bond motifs is 1. The van der Waals surface area contributed by atoms with E-state index in [-0.39, 0.29) is 142 Å². The number of aromatic hydroxyl groups is 2. The number of nitrogens with two attached hydrogens (primary N) is 1. The van der Waals surface area contributed by atoms with Gasteiger partial charge in [0.15, 0.2) is 11.5 Å². The lowest BCUT2D eigenvalue weighted by molar-refractivity contribution is -0.141. The summed E-state index contributed by atoms with van der Waals surface area (Å²) >= 11 is 0. The van der Waals surface area contributed by atoms with Gasteiger partial charge in [-0.2, -0.15) is 0 Å². The second-order valence-electron chi connectivity index (χ2n) is 22.1. The number of ether oxygens (including phenoxy) is 5. The maximum atomic E-state index is 13.8. The van der Waals surface area contributed by atoms with Gasteiger partial charge in [-0.05, 0) is 87.6 Å². The minimum atomic E-state index is -1.77. The number of rotatable bonds is 51. The predicted molar refractivity (Wildman–Crippen MR) is 343 cm³/mol. The molecule has 5 atom stereocenters. The third-order valence-corrected chi connectivity index (χ3v) is 14.5. The molecular weight excluding hydrogens is 1280 g/mol. The zero-order valence-electron chi connectivity index (χ0n) is 54.1. The lowest BCUT2D eigenvalue weighted by Gasteiger charge is -2.24. The van der Waals surface area contributed by atoms with Gasteiger partial charge in [0, 0.05) is 87.8 Å². The van der Waals surface area contributed by atoms with Gasteiger partial charge in [-0.25, -0.2) is 0 Å². The highest BCUT2D eigenvalue weighted by molar-refractivity contribution is 6.13. The second-order valence-corrected chi connectivity index (χ2v) is 22.1. The molecule has 534 valence electrons. The summed E-state index contributed by atoms with van der Waals surface area (Å²) in [5.41, 5.74) is 7.88. The molecule has 1 aliphatic heterocycles. The molecule has 2 heterocycles. The number of primary amides is 1. The molecule has 16 N–H and O–H groups in total. The molecule has 2 aromatic carbocycles. The SMILES string of the molecule is CCOCC(=O)NC(Cc1ccc(O)c(O)c1)C(=O)NCCCC[C@@H](NC(=O)COCCOCCNC(=O)COCCOCCNC(=O)[C@@H](CO)NC(=O)[C@@H](CC(=O)O)NC(=O)[C@H](CCCCNC(=O)CCN1C(=O)C=CC1=O)NC(=O)CCCc1c[nH]c2ccccc12)C(N)=O. The van der Waals surface area contributed by atoms with Crippen LogP contribution in [-0.4, -0.2) is 243 Å². The number of phenolic OH excluding ortho intramolecular Hbond substituents is 2. The first-order chi connectivity index (χ1) is 46.6. The summed E-state index contributed by atoms with van der Waals surface area (Å²) in [6.07, 6.45) is 5.38. The van der Waals surface area contributed by atoms with E-state index in [0.29, 0.717) is 37.7 Å². The number of phenols is 2. The average Bonchev–Trinajstić information content (AvgIpc) is 1.96. The van der Waals surface area contributed by atoms with Crippen molar-refractivity contribution >= 4 is 87.8 Å². The number of nitrogens with one attached hydrogen (secondary N) is 10. The minimum absolute atomic E-state index is 0.0000903. The number of imide groups is 1. The minimum Gasteiger partial charge on any atom is -0.504 e. The van der Waals surface area contributed by atoms with Crippen LogP contribution in [0, 0.1) is 0 Å². The molecule has 34 nitrogen and oxygen atoms in total. The Labute approximate surface area is 558 Å². The number of hydrogen-bond donors (Lipinski definition) is 15. The number of carbonyl (C=O) groups excluding carboxylic acids is 12. The van der Waals surface area contributed by atoms with Gasteiger partial charge in [0.25, 0.3) is 11.8 Å². The first kappa shape index (κ1) is 79.8. The highest BCUT2D eigenvalue weighted by Gasteiger charge is 2.32. The first-order valence-electron chi connectivity index (χ1n) is 31.8. The van der Waals surface area contributed by atoms with Gasteiger partial charge in [-0.1, -0.05) is 24.3 Å². The molecule has 12 amide bonds. The number of nitrogens with zero attached hydrogens (tertiary/aromatic N) is 1. The number of aromatic amines is 1. The fourth-order valence-corrected chi connectivity index (χ4v) is 9.44. The fraction of sp³-hybridized carbons (Fsp3) is 0.540. The number of aryl methyl sites for hydroxylation is 1. The summed E-state index contributed by atoms with van der Waals surface area (Å²) in [5.74, 6) is -10.0. The van der Waals surface area contributed by atoms with E-state index < -0.39 is 127 Å². The Hall–Kier alpha value is -9.61. The topological polar surface area (TPSA) is 502 Å². The Balaban J connectivity index is 1.06. The quantitative estimate of drug-likeness (QED) is 0.0150. The summed E-state index contributed by atoms with van der Waals surface area (Å²) in [7, 11) is 0. The number of benzene rings is 2. The van der Waals surface area contributed by atoms with Crippen LogP contribution < -0.4 is 53.6 Å². The number of carboxylic acids is 1. The maximum Gasteiger partial charge on any atom is 0.305 e. The number of unbranched alkanes of at least 4 members (excludes halogenated alkanes) is 2. The average molecular weight is 1370 g/mol. The Morgan fingerprint density at radius 1 is 0.546 bits per heavy atom. The number of aromatic nitrogens is 1. The Kier molecular flexibility index (Phi) is 37.0. The second kappa shape index (κ2) is 44.9. The highest BCUT2D eigenvalue weighted by Crippen LogP contribution is 2.26. The molecule has 34 heteroatoms. The van der Waals surface area contributed by atoms with Crippen LogP contribution in [0.3, 0.4) is 0 Å². The molecule has 0 saturated carbocycles. The van der Waals surface area contributed by atoms with E-state index in [1.807, 2.05) is 30.5 Å². The molecule has 0 spiro atoms. The van der Waals surface area contributed by atoms with Crippen molar-refractivity contribution < 1.29 is 106 Å². The monoisotopic (exact) mass is 1370 g/mol. The lowest BCUT2D eigenvalue weighted by Crippen LogP contribution is -2.58. The first-order valence-corrected chi connectivity index (χ1v) is 31.8. The van der Waals surface area contributed by atoms with Gasteiger partial charge in [0.1, 0.15) is 50.0 Å². The molecule has 0 bridgehead atoms. The van der Waals surface area contributed by atoms with E-state index in [0.717, 1.165) is 33.5 Å².